The number of fused-ring (bicyclic) bond motifs is 2. The molecule has 2 N–H and O–H groups in total. The zero-order valence-electron chi connectivity index (χ0n) is 16.6. The molecule has 2 unspecified atom stereocenters. The first kappa shape index (κ1) is 19.7. The Labute approximate surface area is 176 Å². The Bertz CT molecular complexity index is 820. The Balaban J connectivity index is 1.62. The molecule has 0 saturated heterocycles. The quantitative estimate of drug-likeness (QED) is 0.677. The lowest BCUT2D eigenvalue weighted by molar-refractivity contribution is -0.729. The molecule has 2 aliphatic rings. The van der Waals surface area contributed by atoms with Crippen LogP contribution in [-0.4, -0.2) is 23.4 Å². The van der Waals surface area contributed by atoms with Crippen molar-refractivity contribution < 1.29 is 9.80 Å². The molecule has 2 heterocycles. The van der Waals surface area contributed by atoms with Crippen molar-refractivity contribution in [2.24, 2.45) is 10.2 Å². The molecule has 6 heteroatoms. The van der Waals surface area contributed by atoms with Crippen molar-refractivity contribution in [3.63, 3.8) is 0 Å². The Hall–Kier alpha value is -1.60. The van der Waals surface area contributed by atoms with E-state index < -0.39 is 0 Å². The average Bonchev–Trinajstić information content (AvgIpc) is 3.26. The van der Waals surface area contributed by atoms with Gasteiger partial charge in [-0.2, -0.15) is 0 Å². The van der Waals surface area contributed by atoms with Crippen LogP contribution in [0, 0.1) is 0 Å². The van der Waals surface area contributed by atoms with E-state index in [1.165, 1.54) is 56.6 Å². The second-order valence-corrected chi connectivity index (χ2v) is 9.23. The SMILES string of the molecule is CCCC[NH+]1/C(=N\N=C2\Sc3ccccc3[NH+]2CCCC)Sc2ccccc21. The molecule has 0 radical (unpaired) electrons. The van der Waals surface area contributed by atoms with E-state index in [0.29, 0.717) is 0 Å². The highest BCUT2D eigenvalue weighted by Crippen LogP contribution is 2.32. The Morgan fingerprint density at radius 3 is 1.54 bits per heavy atom. The number of nitrogens with zero attached hydrogens (tertiary/aromatic N) is 2. The highest BCUT2D eigenvalue weighted by atomic mass is 32.2. The number of quaternary nitrogens is 2. The molecule has 4 rings (SSSR count). The first-order chi connectivity index (χ1) is 13.8. The molecule has 28 heavy (non-hydrogen) atoms. The van der Waals surface area contributed by atoms with E-state index in [4.69, 9.17) is 10.2 Å². The van der Waals surface area contributed by atoms with E-state index in [9.17, 15) is 0 Å². The molecule has 0 amide bonds. The third-order valence-electron chi connectivity index (χ3n) is 5.15. The van der Waals surface area contributed by atoms with Gasteiger partial charge in [0.25, 0.3) is 10.3 Å². The van der Waals surface area contributed by atoms with E-state index in [0.717, 1.165) is 23.4 Å². The summed E-state index contributed by atoms with van der Waals surface area (Å²) in [6, 6.07) is 17.3. The van der Waals surface area contributed by atoms with Crippen molar-refractivity contribution in [1.82, 2.24) is 0 Å². The summed E-state index contributed by atoms with van der Waals surface area (Å²) in [6.07, 6.45) is 4.76. The van der Waals surface area contributed by atoms with Gasteiger partial charge in [0.2, 0.25) is 0 Å². The molecule has 0 saturated carbocycles. The van der Waals surface area contributed by atoms with Crippen molar-refractivity contribution in [2.45, 2.75) is 49.3 Å². The van der Waals surface area contributed by atoms with Crippen LogP contribution in [0.25, 0.3) is 0 Å². The fraction of sp³-hybridized carbons (Fsp3) is 0.364. The fourth-order valence-electron chi connectivity index (χ4n) is 3.61. The van der Waals surface area contributed by atoms with E-state index in [1.54, 1.807) is 23.5 Å². The molecular formula is C22H28N4S2+2. The number of hydrogen-bond donors (Lipinski definition) is 2. The maximum Gasteiger partial charge on any atom is 0.291 e. The zero-order valence-corrected chi connectivity index (χ0v) is 18.2. The van der Waals surface area contributed by atoms with Crippen LogP contribution in [0.15, 0.2) is 68.5 Å². The lowest BCUT2D eigenvalue weighted by Crippen LogP contribution is -3.08. The molecule has 2 aromatic rings. The van der Waals surface area contributed by atoms with Gasteiger partial charge in [-0.05, 0) is 48.5 Å². The fourth-order valence-corrected chi connectivity index (χ4v) is 5.76. The summed E-state index contributed by atoms with van der Waals surface area (Å²) in [7, 11) is 0. The summed E-state index contributed by atoms with van der Waals surface area (Å²) in [5.74, 6) is 0. The van der Waals surface area contributed by atoms with Crippen LogP contribution in [-0.2, 0) is 0 Å². The number of para-hydroxylation sites is 2. The van der Waals surface area contributed by atoms with E-state index in [-0.39, 0.29) is 0 Å². The lowest BCUT2D eigenvalue weighted by Gasteiger charge is -2.12. The number of thioether (sulfide) groups is 2. The van der Waals surface area contributed by atoms with Crippen LogP contribution < -0.4 is 9.80 Å². The second kappa shape index (κ2) is 9.27. The topological polar surface area (TPSA) is 33.6 Å². The van der Waals surface area contributed by atoms with Crippen molar-refractivity contribution in [3.05, 3.63) is 48.5 Å². The van der Waals surface area contributed by atoms with Crippen LogP contribution in [0.2, 0.25) is 0 Å². The summed E-state index contributed by atoms with van der Waals surface area (Å²) in [6.45, 7) is 6.63. The maximum atomic E-state index is 4.78. The number of hydrogen-bond acceptors (Lipinski definition) is 4. The summed E-state index contributed by atoms with van der Waals surface area (Å²) < 4.78 is 0. The van der Waals surface area contributed by atoms with Gasteiger partial charge in [-0.25, -0.2) is 9.80 Å². The number of nitrogens with one attached hydrogen (secondary N) is 2. The highest BCUT2D eigenvalue weighted by molar-refractivity contribution is 8.14. The van der Waals surface area contributed by atoms with E-state index in [1.807, 2.05) is 0 Å². The van der Waals surface area contributed by atoms with Crippen molar-refractivity contribution >= 4 is 45.2 Å². The Morgan fingerprint density at radius 1 is 0.679 bits per heavy atom. The maximum absolute atomic E-state index is 4.78. The van der Waals surface area contributed by atoms with Gasteiger partial charge in [-0.1, -0.05) is 61.2 Å². The highest BCUT2D eigenvalue weighted by Gasteiger charge is 2.35. The molecule has 0 spiro atoms. The minimum Gasteiger partial charge on any atom is -0.245 e. The third kappa shape index (κ3) is 4.06. The van der Waals surface area contributed by atoms with Gasteiger partial charge >= 0.3 is 0 Å². The van der Waals surface area contributed by atoms with Crippen molar-refractivity contribution in [1.29, 1.82) is 0 Å². The molecule has 0 fully saturated rings. The van der Waals surface area contributed by atoms with Gasteiger partial charge in [0.05, 0.1) is 22.9 Å². The Kier molecular flexibility index (Phi) is 6.52. The summed E-state index contributed by atoms with van der Waals surface area (Å²) in [5.41, 5.74) is 2.69. The van der Waals surface area contributed by atoms with Gasteiger partial charge in [-0.3, -0.25) is 0 Å². The average molecular weight is 413 g/mol. The summed E-state index contributed by atoms with van der Waals surface area (Å²) in [4.78, 5) is 5.35. The van der Waals surface area contributed by atoms with Crippen LogP contribution in [0.5, 0.6) is 0 Å². The minimum absolute atomic E-state index is 1.07. The van der Waals surface area contributed by atoms with Crippen LogP contribution in [0.3, 0.4) is 0 Å². The predicted molar refractivity (Wildman–Crippen MR) is 120 cm³/mol. The molecule has 146 valence electrons. The molecule has 0 aromatic heterocycles. The van der Waals surface area contributed by atoms with Crippen molar-refractivity contribution in [3.8, 4) is 0 Å². The predicted octanol–water partition coefficient (Wildman–Crippen LogP) is 3.86. The van der Waals surface area contributed by atoms with Crippen LogP contribution >= 0.6 is 23.5 Å². The third-order valence-corrected chi connectivity index (χ3v) is 7.34. The normalized spacial score (nSPS) is 23.4. The zero-order chi connectivity index (χ0) is 19.3. The first-order valence-corrected chi connectivity index (χ1v) is 11.9. The number of benzene rings is 2. The minimum atomic E-state index is 1.07. The first-order valence-electron chi connectivity index (χ1n) is 10.2. The molecule has 4 nitrogen and oxygen atoms in total. The summed E-state index contributed by atoms with van der Waals surface area (Å²) in [5, 5.41) is 11.7. The number of amidine groups is 2. The number of unbranched alkanes of at least 4 members (excludes halogenated alkanes) is 2. The van der Waals surface area contributed by atoms with E-state index in [2.05, 4.69) is 62.4 Å². The lowest BCUT2D eigenvalue weighted by atomic mass is 10.2. The second-order valence-electron chi connectivity index (χ2n) is 7.17. The monoisotopic (exact) mass is 412 g/mol. The molecule has 2 aliphatic heterocycles. The Morgan fingerprint density at radius 2 is 1.11 bits per heavy atom. The van der Waals surface area contributed by atoms with Gasteiger partial charge < -0.3 is 0 Å². The van der Waals surface area contributed by atoms with Gasteiger partial charge in [-0.15, -0.1) is 0 Å². The largest absolute Gasteiger partial charge is 0.291 e. The van der Waals surface area contributed by atoms with Gasteiger partial charge in [0.15, 0.2) is 11.4 Å². The molecule has 2 atom stereocenters. The van der Waals surface area contributed by atoms with Gasteiger partial charge in [0, 0.05) is 12.1 Å². The molecular weight excluding hydrogens is 384 g/mol. The van der Waals surface area contributed by atoms with Crippen LogP contribution in [0.4, 0.5) is 11.4 Å². The molecule has 2 aromatic carbocycles. The molecule has 0 aliphatic carbocycles. The van der Waals surface area contributed by atoms with E-state index >= 15 is 0 Å². The number of rotatable bonds is 7. The van der Waals surface area contributed by atoms with Crippen LogP contribution in [0.1, 0.15) is 39.5 Å². The van der Waals surface area contributed by atoms with Gasteiger partial charge in [0.1, 0.15) is 0 Å². The summed E-state index contributed by atoms with van der Waals surface area (Å²) >= 11 is 3.54. The molecule has 0 bridgehead atoms. The smallest absolute Gasteiger partial charge is 0.245 e. The standard InChI is InChI=1S/C22H26N4S2/c1-3-5-15-25-17-11-7-9-13-19(17)27-21(25)23-24-22-26(16-6-4-2)18-12-8-10-14-20(18)28-22/h7-14H,3-6,15-16H2,1-2H3/p+2/b23-21+,24-22+. The van der Waals surface area contributed by atoms with Crippen molar-refractivity contribution in [2.75, 3.05) is 13.1 Å².